The van der Waals surface area contributed by atoms with Crippen LogP contribution < -0.4 is 5.32 Å². The van der Waals surface area contributed by atoms with Gasteiger partial charge in [-0.3, -0.25) is 9.89 Å². The normalized spacial score (nSPS) is 13.4. The van der Waals surface area contributed by atoms with Crippen LogP contribution in [0.5, 0.6) is 0 Å². The second-order valence-corrected chi connectivity index (χ2v) is 5.36. The Kier molecular flexibility index (Phi) is 4.84. The number of rotatable bonds is 5. The average Bonchev–Trinajstić information content (AvgIpc) is 2.77. The summed E-state index contributed by atoms with van der Waals surface area (Å²) in [5, 5.41) is 18.7. The largest absolute Gasteiger partial charge is 0.393 e. The highest BCUT2D eigenvalue weighted by Crippen LogP contribution is 2.17. The van der Waals surface area contributed by atoms with Gasteiger partial charge in [-0.2, -0.15) is 0 Å². The molecule has 0 aromatic carbocycles. The highest BCUT2D eigenvalue weighted by atomic mass is 16.3. The van der Waals surface area contributed by atoms with Crippen LogP contribution in [0, 0.1) is 0 Å². The molecular weight excluding hydrogens is 232 g/mol. The van der Waals surface area contributed by atoms with Crippen LogP contribution in [0.25, 0.3) is 0 Å². The molecule has 0 saturated carbocycles. The van der Waals surface area contributed by atoms with E-state index >= 15 is 0 Å². The molecule has 1 aromatic heterocycles. The number of hydrogen-bond acceptors (Lipinski definition) is 4. The summed E-state index contributed by atoms with van der Waals surface area (Å²) in [6, 6.07) is 0. The molecule has 3 N–H and O–H groups in total. The monoisotopic (exact) mass is 254 g/mol. The molecule has 0 aliphatic rings. The van der Waals surface area contributed by atoms with E-state index in [2.05, 4.69) is 20.5 Å². The molecule has 0 radical (unpaired) electrons. The lowest BCUT2D eigenvalue weighted by Gasteiger charge is -2.12. The van der Waals surface area contributed by atoms with Gasteiger partial charge in [-0.25, -0.2) is 4.98 Å². The first-order valence-electron chi connectivity index (χ1n) is 6.23. The van der Waals surface area contributed by atoms with Crippen LogP contribution in [0.1, 0.15) is 57.0 Å². The lowest BCUT2D eigenvalue weighted by molar-refractivity contribution is 0.0932. The number of H-pyrrole nitrogens is 1. The zero-order valence-corrected chi connectivity index (χ0v) is 11.4. The van der Waals surface area contributed by atoms with Crippen LogP contribution >= 0.6 is 0 Å². The third-order valence-electron chi connectivity index (χ3n) is 2.63. The Morgan fingerprint density at radius 1 is 1.50 bits per heavy atom. The fourth-order valence-corrected chi connectivity index (χ4v) is 1.33. The van der Waals surface area contributed by atoms with Crippen molar-refractivity contribution >= 4 is 5.91 Å². The number of carbonyl (C=O) groups is 1. The fraction of sp³-hybridized carbons (Fsp3) is 0.750. The number of aliphatic hydroxyl groups is 1. The van der Waals surface area contributed by atoms with Crippen LogP contribution in [-0.4, -0.2) is 38.8 Å². The van der Waals surface area contributed by atoms with Crippen molar-refractivity contribution in [3.63, 3.8) is 0 Å². The molecule has 0 aliphatic heterocycles. The zero-order chi connectivity index (χ0) is 13.8. The molecule has 0 spiro atoms. The van der Waals surface area contributed by atoms with Gasteiger partial charge in [-0.1, -0.05) is 27.7 Å². The molecule has 6 nitrogen and oxygen atoms in total. The Balaban J connectivity index is 2.50. The predicted molar refractivity (Wildman–Crippen MR) is 68.3 cm³/mol. The van der Waals surface area contributed by atoms with Gasteiger partial charge in [0, 0.05) is 12.0 Å². The minimum atomic E-state index is -0.373. The third-order valence-corrected chi connectivity index (χ3v) is 2.63. The first-order chi connectivity index (χ1) is 8.34. The summed E-state index contributed by atoms with van der Waals surface area (Å²) in [5.41, 5.74) is -0.163. The number of nitrogens with one attached hydrogen (secondary N) is 2. The van der Waals surface area contributed by atoms with Crippen LogP contribution in [0.3, 0.4) is 0 Å². The van der Waals surface area contributed by atoms with Gasteiger partial charge >= 0.3 is 0 Å². The van der Waals surface area contributed by atoms with Gasteiger partial charge in [-0.15, -0.1) is 5.10 Å². The highest BCUT2D eigenvalue weighted by molar-refractivity contribution is 5.90. The summed E-state index contributed by atoms with van der Waals surface area (Å²) in [6.07, 6.45) is 0.853. The summed E-state index contributed by atoms with van der Waals surface area (Å²) in [7, 11) is 0. The van der Waals surface area contributed by atoms with E-state index in [4.69, 9.17) is 0 Å². The molecule has 0 bridgehead atoms. The molecule has 0 aliphatic carbocycles. The van der Waals surface area contributed by atoms with E-state index in [1.54, 1.807) is 0 Å². The lowest BCUT2D eigenvalue weighted by Crippen LogP contribution is -2.28. The van der Waals surface area contributed by atoms with Gasteiger partial charge in [-0.05, 0) is 12.8 Å². The molecule has 6 heteroatoms. The van der Waals surface area contributed by atoms with Gasteiger partial charge < -0.3 is 10.4 Å². The van der Waals surface area contributed by atoms with Crippen LogP contribution in [0.2, 0.25) is 0 Å². The molecule has 1 rings (SSSR count). The molecule has 0 saturated heterocycles. The van der Waals surface area contributed by atoms with Crippen LogP contribution in [-0.2, 0) is 5.41 Å². The number of hydrogen-bond donors (Lipinski definition) is 3. The van der Waals surface area contributed by atoms with Crippen molar-refractivity contribution in [2.75, 3.05) is 6.54 Å². The predicted octanol–water partition coefficient (Wildman–Crippen LogP) is 0.993. The molecule has 1 unspecified atom stereocenters. The van der Waals surface area contributed by atoms with E-state index < -0.39 is 0 Å². The number of aromatic nitrogens is 3. The van der Waals surface area contributed by atoms with Gasteiger partial charge in [0.1, 0.15) is 5.82 Å². The van der Waals surface area contributed by atoms with Crippen molar-refractivity contribution in [3.05, 3.63) is 11.6 Å². The average molecular weight is 254 g/mol. The molecule has 1 atom stereocenters. The fourth-order valence-electron chi connectivity index (χ4n) is 1.33. The van der Waals surface area contributed by atoms with E-state index in [1.165, 1.54) is 0 Å². The third kappa shape index (κ3) is 4.10. The number of aromatic amines is 1. The quantitative estimate of drug-likeness (QED) is 0.731. The second-order valence-electron chi connectivity index (χ2n) is 5.36. The van der Waals surface area contributed by atoms with Gasteiger partial charge in [0.05, 0.1) is 6.10 Å². The second kappa shape index (κ2) is 5.95. The summed E-state index contributed by atoms with van der Waals surface area (Å²) in [5.74, 6) is 0.511. The number of aliphatic hydroxyl groups excluding tert-OH is 1. The number of nitrogens with zero attached hydrogens (tertiary/aromatic N) is 2. The number of amides is 1. The van der Waals surface area contributed by atoms with Crippen molar-refractivity contribution in [2.45, 2.75) is 52.1 Å². The molecule has 1 amide bonds. The lowest BCUT2D eigenvalue weighted by atomic mass is 9.96. The van der Waals surface area contributed by atoms with Gasteiger partial charge in [0.15, 0.2) is 0 Å². The zero-order valence-electron chi connectivity index (χ0n) is 11.4. The minimum Gasteiger partial charge on any atom is -0.393 e. The SMILES string of the molecule is CCC(O)CCNC(=O)c1n[nH]c(C(C)(C)C)n1. The van der Waals surface area contributed by atoms with Crippen molar-refractivity contribution < 1.29 is 9.90 Å². The first-order valence-corrected chi connectivity index (χ1v) is 6.23. The topological polar surface area (TPSA) is 90.9 Å². The summed E-state index contributed by atoms with van der Waals surface area (Å²) < 4.78 is 0. The molecule has 0 fully saturated rings. The summed E-state index contributed by atoms with van der Waals surface area (Å²) >= 11 is 0. The maximum Gasteiger partial charge on any atom is 0.290 e. The van der Waals surface area contributed by atoms with Crippen LogP contribution in [0.4, 0.5) is 0 Å². The molecule has 1 aromatic rings. The highest BCUT2D eigenvalue weighted by Gasteiger charge is 2.21. The van der Waals surface area contributed by atoms with E-state index in [0.717, 1.165) is 0 Å². The smallest absolute Gasteiger partial charge is 0.290 e. The van der Waals surface area contributed by atoms with E-state index in [0.29, 0.717) is 25.2 Å². The first kappa shape index (κ1) is 14.6. The van der Waals surface area contributed by atoms with Gasteiger partial charge in [0.2, 0.25) is 5.82 Å². The Hall–Kier alpha value is -1.43. The standard InChI is InChI=1S/C12H22N4O2/c1-5-8(17)6-7-13-10(18)9-14-11(16-15-9)12(2,3)4/h8,17H,5-7H2,1-4H3,(H,13,18)(H,14,15,16). The van der Waals surface area contributed by atoms with Crippen molar-refractivity contribution in [3.8, 4) is 0 Å². The number of carbonyl (C=O) groups excluding carboxylic acids is 1. The Labute approximate surface area is 107 Å². The van der Waals surface area contributed by atoms with E-state index in [1.807, 2.05) is 27.7 Å². The summed E-state index contributed by atoms with van der Waals surface area (Å²) in [6.45, 7) is 8.30. The van der Waals surface area contributed by atoms with Crippen molar-refractivity contribution in [1.82, 2.24) is 20.5 Å². The van der Waals surface area contributed by atoms with E-state index in [9.17, 15) is 9.90 Å². The Bertz CT molecular complexity index is 395. The molecule has 102 valence electrons. The Morgan fingerprint density at radius 3 is 2.67 bits per heavy atom. The Morgan fingerprint density at radius 2 is 2.17 bits per heavy atom. The van der Waals surface area contributed by atoms with Crippen LogP contribution in [0.15, 0.2) is 0 Å². The van der Waals surface area contributed by atoms with Crippen molar-refractivity contribution in [1.29, 1.82) is 0 Å². The molecular formula is C12H22N4O2. The van der Waals surface area contributed by atoms with Gasteiger partial charge in [0.25, 0.3) is 5.91 Å². The van der Waals surface area contributed by atoms with E-state index in [-0.39, 0.29) is 23.3 Å². The summed E-state index contributed by atoms with van der Waals surface area (Å²) in [4.78, 5) is 15.9. The maximum atomic E-state index is 11.7. The maximum absolute atomic E-state index is 11.7. The molecule has 18 heavy (non-hydrogen) atoms. The minimum absolute atomic E-state index is 0.144. The van der Waals surface area contributed by atoms with Crippen molar-refractivity contribution in [2.24, 2.45) is 0 Å². The molecule has 1 heterocycles.